The zero-order valence-electron chi connectivity index (χ0n) is 26.5. The smallest absolute Gasteiger partial charge is 0.239 e. The summed E-state index contributed by atoms with van der Waals surface area (Å²) in [6.45, 7) is 0.616. The molecule has 10 atom stereocenters. The summed E-state index contributed by atoms with van der Waals surface area (Å²) in [6.07, 6.45) is -16.3. The molecule has 0 amide bonds. The highest BCUT2D eigenvalue weighted by atomic mass is 16.8. The Bertz CT molecular complexity index is 1640. The van der Waals surface area contributed by atoms with Crippen LogP contribution in [0.25, 0.3) is 22.3 Å². The first-order chi connectivity index (χ1) is 22.9. The van der Waals surface area contributed by atoms with Crippen LogP contribution in [0.4, 0.5) is 0 Å². The second kappa shape index (κ2) is 14.3. The van der Waals surface area contributed by atoms with E-state index in [2.05, 4.69) is 0 Å². The highest BCUT2D eigenvalue weighted by Gasteiger charge is 2.51. The number of benzene rings is 2. The second-order valence-corrected chi connectivity index (χ2v) is 11.1. The molecular weight excluding hydrogens is 644 g/mol. The Morgan fingerprint density at radius 1 is 0.729 bits per heavy atom. The van der Waals surface area contributed by atoms with Crippen LogP contribution >= 0.6 is 0 Å². The van der Waals surface area contributed by atoms with Crippen LogP contribution in [0, 0.1) is 0 Å². The number of hydrogen-bond acceptors (Lipinski definition) is 17. The standard InChI is InChI=1S/C31H38O17/c1-11-16(33)20(37)22(39)30(44-11)47-27-21(38)17(34)14(10-32)45-31(27)48-29-24-15(19(36)26(42-4)28(29)43-5)18(35)25(41-3)23(46-24)12-6-8-13(40-2)9-7-12/h6-9,11,14,16-17,20-22,27,30-34,36-39H,10H2,1-5H3. The highest BCUT2D eigenvalue weighted by Crippen LogP contribution is 2.52. The van der Waals surface area contributed by atoms with Crippen molar-refractivity contribution < 1.29 is 78.1 Å². The van der Waals surface area contributed by atoms with Gasteiger partial charge in [0, 0.05) is 5.56 Å². The number of aliphatic hydroxyl groups is 6. The third-order valence-electron chi connectivity index (χ3n) is 8.26. The van der Waals surface area contributed by atoms with E-state index in [0.29, 0.717) is 11.3 Å². The summed E-state index contributed by atoms with van der Waals surface area (Å²) in [5.41, 5.74) is -0.875. The van der Waals surface area contributed by atoms with E-state index in [1.807, 2.05) is 0 Å². The number of phenolic OH excluding ortho intramolecular Hbond substituents is 1. The largest absolute Gasteiger partial charge is 0.504 e. The molecule has 3 aromatic rings. The fourth-order valence-electron chi connectivity index (χ4n) is 5.61. The summed E-state index contributed by atoms with van der Waals surface area (Å²) < 4.78 is 50.9. The Morgan fingerprint density at radius 2 is 1.38 bits per heavy atom. The fraction of sp³-hybridized carbons (Fsp3) is 0.516. The molecule has 3 heterocycles. The van der Waals surface area contributed by atoms with Crippen LogP contribution in [-0.4, -0.2) is 132 Å². The van der Waals surface area contributed by atoms with Crippen molar-refractivity contribution in [3.8, 4) is 45.8 Å². The number of hydrogen-bond donors (Lipinski definition) is 7. The monoisotopic (exact) mass is 682 g/mol. The fourth-order valence-corrected chi connectivity index (χ4v) is 5.61. The van der Waals surface area contributed by atoms with Crippen molar-refractivity contribution >= 4 is 11.0 Å². The van der Waals surface area contributed by atoms with Crippen molar-refractivity contribution in [1.29, 1.82) is 0 Å². The van der Waals surface area contributed by atoms with Crippen molar-refractivity contribution in [1.82, 2.24) is 0 Å². The lowest BCUT2D eigenvalue weighted by atomic mass is 9.97. The van der Waals surface area contributed by atoms with Gasteiger partial charge >= 0.3 is 0 Å². The molecule has 0 spiro atoms. The van der Waals surface area contributed by atoms with Gasteiger partial charge in [-0.05, 0) is 31.2 Å². The molecule has 5 rings (SSSR count). The van der Waals surface area contributed by atoms with Gasteiger partial charge in [0.05, 0.1) is 41.2 Å². The molecule has 0 radical (unpaired) electrons. The minimum atomic E-state index is -1.87. The maximum atomic E-state index is 13.9. The quantitative estimate of drug-likeness (QED) is 0.139. The van der Waals surface area contributed by atoms with E-state index in [9.17, 15) is 40.5 Å². The van der Waals surface area contributed by atoms with Gasteiger partial charge in [-0.1, -0.05) is 0 Å². The third-order valence-corrected chi connectivity index (χ3v) is 8.26. The molecule has 264 valence electrons. The van der Waals surface area contributed by atoms with Gasteiger partial charge in [0.2, 0.25) is 34.7 Å². The molecule has 0 bridgehead atoms. The first kappa shape index (κ1) is 35.4. The van der Waals surface area contributed by atoms with Gasteiger partial charge in [0.1, 0.15) is 47.8 Å². The van der Waals surface area contributed by atoms with E-state index >= 15 is 0 Å². The topological polar surface area (TPSA) is 246 Å². The summed E-state index contributed by atoms with van der Waals surface area (Å²) >= 11 is 0. The minimum absolute atomic E-state index is 0.0876. The molecule has 48 heavy (non-hydrogen) atoms. The van der Waals surface area contributed by atoms with Crippen molar-refractivity contribution in [2.24, 2.45) is 0 Å². The lowest BCUT2D eigenvalue weighted by molar-refractivity contribution is -0.354. The molecule has 0 aliphatic carbocycles. The normalized spacial score (nSPS) is 30.6. The zero-order valence-corrected chi connectivity index (χ0v) is 26.5. The van der Waals surface area contributed by atoms with Gasteiger partial charge in [-0.2, -0.15) is 0 Å². The van der Waals surface area contributed by atoms with E-state index in [4.69, 9.17) is 42.3 Å². The number of aliphatic hydroxyl groups excluding tert-OH is 6. The maximum Gasteiger partial charge on any atom is 0.239 e. The van der Waals surface area contributed by atoms with E-state index < -0.39 is 95.9 Å². The highest BCUT2D eigenvalue weighted by molar-refractivity contribution is 5.96. The van der Waals surface area contributed by atoms with E-state index in [1.165, 1.54) is 35.4 Å². The Labute approximate surface area is 272 Å². The summed E-state index contributed by atoms with van der Waals surface area (Å²) in [5.74, 6) is -1.63. The maximum absolute atomic E-state index is 13.9. The average Bonchev–Trinajstić information content (AvgIpc) is 3.09. The molecule has 17 nitrogen and oxygen atoms in total. The lowest BCUT2D eigenvalue weighted by Crippen LogP contribution is -2.64. The molecule has 2 saturated heterocycles. The van der Waals surface area contributed by atoms with E-state index in [-0.39, 0.29) is 23.0 Å². The number of methoxy groups -OCH3 is 4. The summed E-state index contributed by atoms with van der Waals surface area (Å²) in [7, 11) is 5.10. The molecular formula is C31H38O17. The first-order valence-corrected chi connectivity index (χ1v) is 14.7. The molecule has 2 aliphatic rings. The Hall–Kier alpha value is -3.91. The number of ether oxygens (including phenoxy) is 8. The molecule has 17 heteroatoms. The summed E-state index contributed by atoms with van der Waals surface area (Å²) in [5, 5.41) is 73.5. The van der Waals surface area contributed by atoms with Gasteiger partial charge in [-0.25, -0.2) is 0 Å². The Balaban J connectivity index is 1.69. The van der Waals surface area contributed by atoms with Crippen molar-refractivity contribution in [3.05, 3.63) is 34.5 Å². The molecule has 2 fully saturated rings. The van der Waals surface area contributed by atoms with Crippen LogP contribution in [0.5, 0.6) is 34.5 Å². The van der Waals surface area contributed by atoms with Crippen molar-refractivity contribution in [3.63, 3.8) is 0 Å². The molecule has 7 N–H and O–H groups in total. The summed E-state index contributed by atoms with van der Waals surface area (Å²) in [6, 6.07) is 6.40. The Morgan fingerprint density at radius 3 is 1.96 bits per heavy atom. The van der Waals surface area contributed by atoms with Crippen molar-refractivity contribution in [2.45, 2.75) is 68.3 Å². The van der Waals surface area contributed by atoms with Crippen LogP contribution in [0.2, 0.25) is 0 Å². The summed E-state index contributed by atoms with van der Waals surface area (Å²) in [4.78, 5) is 13.9. The average molecular weight is 683 g/mol. The van der Waals surface area contributed by atoms with Crippen LogP contribution in [0.1, 0.15) is 6.92 Å². The zero-order chi connectivity index (χ0) is 35.0. The number of phenols is 1. The number of aromatic hydroxyl groups is 1. The van der Waals surface area contributed by atoms with Crippen LogP contribution in [0.15, 0.2) is 33.5 Å². The number of fused-ring (bicyclic) bond motifs is 1. The molecule has 2 aliphatic heterocycles. The first-order valence-electron chi connectivity index (χ1n) is 14.7. The van der Waals surface area contributed by atoms with Gasteiger partial charge in [0.25, 0.3) is 0 Å². The van der Waals surface area contributed by atoms with Crippen LogP contribution in [0.3, 0.4) is 0 Å². The van der Waals surface area contributed by atoms with Gasteiger partial charge in [-0.15, -0.1) is 0 Å². The Kier molecular flexibility index (Phi) is 10.5. The van der Waals surface area contributed by atoms with Crippen molar-refractivity contribution in [2.75, 3.05) is 35.0 Å². The molecule has 2 aromatic carbocycles. The van der Waals surface area contributed by atoms with E-state index in [0.717, 1.165) is 0 Å². The molecule has 1 aromatic heterocycles. The van der Waals surface area contributed by atoms with E-state index in [1.54, 1.807) is 24.3 Å². The lowest BCUT2D eigenvalue weighted by Gasteiger charge is -2.45. The molecule has 0 saturated carbocycles. The third kappa shape index (κ3) is 6.08. The van der Waals surface area contributed by atoms with Gasteiger partial charge in [0.15, 0.2) is 29.5 Å². The molecule has 10 unspecified atom stereocenters. The van der Waals surface area contributed by atoms with Gasteiger partial charge < -0.3 is 78.1 Å². The predicted octanol–water partition coefficient (Wildman–Crippen LogP) is -0.769. The minimum Gasteiger partial charge on any atom is -0.504 e. The SMILES string of the molecule is COc1ccc(-c2oc3c(OC4OC(CO)C(O)C(O)C4OC4OC(C)C(O)C(O)C4O)c(OC)c(OC)c(O)c3c(=O)c2OC)cc1. The van der Waals surface area contributed by atoms with Crippen LogP contribution in [-0.2, 0) is 14.2 Å². The predicted molar refractivity (Wildman–Crippen MR) is 161 cm³/mol. The number of rotatable bonds is 10. The van der Waals surface area contributed by atoms with Gasteiger partial charge in [-0.3, -0.25) is 4.79 Å². The second-order valence-electron chi connectivity index (χ2n) is 11.1. The van der Waals surface area contributed by atoms with Crippen LogP contribution < -0.4 is 29.1 Å².